The first-order chi connectivity index (χ1) is 14.2. The van der Waals surface area contributed by atoms with Gasteiger partial charge >= 0.3 is 0 Å². The molecule has 0 radical (unpaired) electrons. The van der Waals surface area contributed by atoms with Gasteiger partial charge in [0.25, 0.3) is 5.91 Å². The standard InChI is InChI=1S/C23H22ClN3O3/c1-23(2,3)22(30)26-19-10-8-15(16-6-4-5-7-17(16)19)13-25-27-21(29)14-9-11-20(28)18(24)12-14/h4-13,28H,1-3H3,(H,26,30)(H,27,29)/b25-13+. The van der Waals surface area contributed by atoms with Crippen molar-refractivity contribution in [1.82, 2.24) is 5.43 Å². The molecule has 3 rings (SSSR count). The number of hydrogen-bond donors (Lipinski definition) is 3. The topological polar surface area (TPSA) is 90.8 Å². The van der Waals surface area contributed by atoms with Gasteiger partial charge < -0.3 is 10.4 Å². The predicted octanol–water partition coefficient (Wildman–Crippen LogP) is 4.95. The molecule has 154 valence electrons. The molecule has 0 bridgehead atoms. The van der Waals surface area contributed by atoms with Gasteiger partial charge in [-0.2, -0.15) is 5.10 Å². The third kappa shape index (κ3) is 4.78. The van der Waals surface area contributed by atoms with Gasteiger partial charge in [-0.05, 0) is 29.7 Å². The summed E-state index contributed by atoms with van der Waals surface area (Å²) < 4.78 is 0. The van der Waals surface area contributed by atoms with Crippen molar-refractivity contribution in [2.45, 2.75) is 20.8 Å². The van der Waals surface area contributed by atoms with Gasteiger partial charge in [0, 0.05) is 27.6 Å². The van der Waals surface area contributed by atoms with Crippen LogP contribution in [0.2, 0.25) is 5.02 Å². The molecule has 0 aliphatic heterocycles. The minimum absolute atomic E-state index is 0.0751. The molecule has 0 saturated heterocycles. The lowest BCUT2D eigenvalue weighted by Gasteiger charge is -2.19. The molecule has 7 heteroatoms. The minimum Gasteiger partial charge on any atom is -0.506 e. The first-order valence-corrected chi connectivity index (χ1v) is 9.70. The Balaban J connectivity index is 1.83. The van der Waals surface area contributed by atoms with Crippen molar-refractivity contribution in [3.63, 3.8) is 0 Å². The van der Waals surface area contributed by atoms with E-state index in [-0.39, 0.29) is 22.2 Å². The molecule has 30 heavy (non-hydrogen) atoms. The maximum absolute atomic E-state index is 12.4. The highest BCUT2D eigenvalue weighted by atomic mass is 35.5. The highest BCUT2D eigenvalue weighted by molar-refractivity contribution is 6.32. The molecule has 0 spiro atoms. The number of carbonyl (C=O) groups is 2. The number of hydrazone groups is 1. The molecule has 0 aliphatic carbocycles. The fourth-order valence-electron chi connectivity index (χ4n) is 2.73. The molecule has 0 aliphatic rings. The number of aromatic hydroxyl groups is 1. The van der Waals surface area contributed by atoms with Crippen LogP contribution in [0, 0.1) is 5.41 Å². The largest absolute Gasteiger partial charge is 0.506 e. The molecule has 0 unspecified atom stereocenters. The van der Waals surface area contributed by atoms with Crippen LogP contribution in [-0.2, 0) is 4.79 Å². The van der Waals surface area contributed by atoms with Crippen molar-refractivity contribution < 1.29 is 14.7 Å². The van der Waals surface area contributed by atoms with Crippen LogP contribution in [0.4, 0.5) is 5.69 Å². The van der Waals surface area contributed by atoms with E-state index < -0.39 is 11.3 Å². The van der Waals surface area contributed by atoms with E-state index in [4.69, 9.17) is 11.6 Å². The van der Waals surface area contributed by atoms with Gasteiger partial charge in [0.1, 0.15) is 5.75 Å². The Kier molecular flexibility index (Phi) is 6.08. The SMILES string of the molecule is CC(C)(C)C(=O)Nc1ccc(/C=N/NC(=O)c2ccc(O)c(Cl)c2)c2ccccc12. The summed E-state index contributed by atoms with van der Waals surface area (Å²) in [6.45, 7) is 5.57. The lowest BCUT2D eigenvalue weighted by molar-refractivity contribution is -0.123. The Bertz CT molecular complexity index is 1150. The van der Waals surface area contributed by atoms with Crippen LogP contribution in [0.25, 0.3) is 10.8 Å². The number of hydrogen-bond acceptors (Lipinski definition) is 4. The summed E-state index contributed by atoms with van der Waals surface area (Å²) in [6, 6.07) is 15.4. The molecule has 0 heterocycles. The van der Waals surface area contributed by atoms with Gasteiger partial charge in [0.15, 0.2) is 0 Å². The molecule has 3 aromatic carbocycles. The highest BCUT2D eigenvalue weighted by Crippen LogP contribution is 2.28. The molecule has 3 N–H and O–H groups in total. The van der Waals surface area contributed by atoms with Gasteiger partial charge in [-0.3, -0.25) is 9.59 Å². The zero-order chi connectivity index (χ0) is 21.9. The van der Waals surface area contributed by atoms with E-state index in [0.717, 1.165) is 16.3 Å². The fourth-order valence-corrected chi connectivity index (χ4v) is 2.91. The van der Waals surface area contributed by atoms with Gasteiger partial charge in [-0.1, -0.05) is 62.7 Å². The Morgan fingerprint density at radius 1 is 1.03 bits per heavy atom. The molecule has 3 aromatic rings. The molecule has 6 nitrogen and oxygen atoms in total. The van der Waals surface area contributed by atoms with E-state index in [0.29, 0.717) is 5.69 Å². The number of fused-ring (bicyclic) bond motifs is 1. The molecular formula is C23H22ClN3O3. The van der Waals surface area contributed by atoms with Crippen molar-refractivity contribution in [1.29, 1.82) is 0 Å². The van der Waals surface area contributed by atoms with E-state index in [1.54, 1.807) is 0 Å². The monoisotopic (exact) mass is 423 g/mol. The average molecular weight is 424 g/mol. The lowest BCUT2D eigenvalue weighted by Crippen LogP contribution is -2.27. The zero-order valence-corrected chi connectivity index (χ0v) is 17.6. The van der Waals surface area contributed by atoms with Crippen molar-refractivity contribution in [2.75, 3.05) is 5.32 Å². The molecule has 2 amide bonds. The Morgan fingerprint density at radius 2 is 1.73 bits per heavy atom. The lowest BCUT2D eigenvalue weighted by atomic mass is 9.95. The minimum atomic E-state index is -0.511. The normalized spacial score (nSPS) is 11.6. The number of benzene rings is 3. The number of phenols is 1. The van der Waals surface area contributed by atoms with Crippen molar-refractivity contribution in [3.05, 3.63) is 70.7 Å². The van der Waals surface area contributed by atoms with Crippen molar-refractivity contribution in [2.24, 2.45) is 10.5 Å². The van der Waals surface area contributed by atoms with Crippen LogP contribution >= 0.6 is 11.6 Å². The Hall–Kier alpha value is -3.38. The third-order valence-electron chi connectivity index (χ3n) is 4.47. The Labute approximate surface area is 179 Å². The van der Waals surface area contributed by atoms with E-state index >= 15 is 0 Å². The molecule has 0 atom stereocenters. The van der Waals surface area contributed by atoms with Crippen LogP contribution < -0.4 is 10.7 Å². The second-order valence-electron chi connectivity index (χ2n) is 7.82. The van der Waals surface area contributed by atoms with E-state index in [1.807, 2.05) is 57.2 Å². The van der Waals surface area contributed by atoms with Crippen LogP contribution in [0.15, 0.2) is 59.7 Å². The van der Waals surface area contributed by atoms with Crippen LogP contribution in [-0.4, -0.2) is 23.1 Å². The number of rotatable bonds is 4. The first-order valence-electron chi connectivity index (χ1n) is 9.32. The smallest absolute Gasteiger partial charge is 0.271 e. The van der Waals surface area contributed by atoms with Crippen molar-refractivity contribution in [3.8, 4) is 5.75 Å². The number of carbonyl (C=O) groups excluding carboxylic acids is 2. The summed E-state index contributed by atoms with van der Waals surface area (Å²) in [5, 5.41) is 18.3. The molecular weight excluding hydrogens is 402 g/mol. The number of amides is 2. The van der Waals surface area contributed by atoms with Gasteiger partial charge in [-0.15, -0.1) is 0 Å². The summed E-state index contributed by atoms with van der Waals surface area (Å²) in [6.07, 6.45) is 1.54. The summed E-state index contributed by atoms with van der Waals surface area (Å²) in [4.78, 5) is 24.6. The second-order valence-corrected chi connectivity index (χ2v) is 8.22. The van der Waals surface area contributed by atoms with Gasteiger partial charge in [0.2, 0.25) is 5.91 Å². The fraction of sp³-hybridized carbons (Fsp3) is 0.174. The number of anilines is 1. The summed E-state index contributed by atoms with van der Waals surface area (Å²) in [7, 11) is 0. The van der Waals surface area contributed by atoms with Gasteiger partial charge in [-0.25, -0.2) is 5.43 Å². The van der Waals surface area contributed by atoms with Crippen LogP contribution in [0.3, 0.4) is 0 Å². The van der Waals surface area contributed by atoms with E-state index in [9.17, 15) is 14.7 Å². The highest BCUT2D eigenvalue weighted by Gasteiger charge is 2.22. The first kappa shape index (κ1) is 21.3. The molecule has 0 saturated carbocycles. The molecule has 0 fully saturated rings. The number of nitrogens with one attached hydrogen (secondary N) is 2. The third-order valence-corrected chi connectivity index (χ3v) is 4.77. The molecule has 0 aromatic heterocycles. The van der Waals surface area contributed by atoms with Crippen LogP contribution in [0.1, 0.15) is 36.7 Å². The average Bonchev–Trinajstić information content (AvgIpc) is 2.70. The summed E-state index contributed by atoms with van der Waals surface area (Å²) in [5.74, 6) is -0.623. The summed E-state index contributed by atoms with van der Waals surface area (Å²) >= 11 is 5.83. The second kappa shape index (κ2) is 8.55. The maximum atomic E-state index is 12.4. The Morgan fingerprint density at radius 3 is 2.40 bits per heavy atom. The number of halogens is 1. The summed E-state index contributed by atoms with van der Waals surface area (Å²) in [5.41, 5.74) is 3.71. The van der Waals surface area contributed by atoms with Gasteiger partial charge in [0.05, 0.1) is 11.2 Å². The number of phenolic OH excluding ortho intramolecular Hbond substituents is 1. The zero-order valence-electron chi connectivity index (χ0n) is 16.9. The predicted molar refractivity (Wildman–Crippen MR) is 120 cm³/mol. The van der Waals surface area contributed by atoms with E-state index in [1.165, 1.54) is 24.4 Å². The number of nitrogens with zero attached hydrogens (tertiary/aromatic N) is 1. The maximum Gasteiger partial charge on any atom is 0.271 e. The van der Waals surface area contributed by atoms with Crippen LogP contribution in [0.5, 0.6) is 5.75 Å². The quantitative estimate of drug-likeness (QED) is 0.409. The van der Waals surface area contributed by atoms with Crippen molar-refractivity contribution >= 4 is 46.1 Å². The van der Waals surface area contributed by atoms with E-state index in [2.05, 4.69) is 15.8 Å².